The monoisotopic (exact) mass is 274 g/mol. The summed E-state index contributed by atoms with van der Waals surface area (Å²) in [6.07, 6.45) is 0. The lowest BCUT2D eigenvalue weighted by molar-refractivity contribution is 0.586. The summed E-state index contributed by atoms with van der Waals surface area (Å²) in [6.45, 7) is 1.38. The van der Waals surface area contributed by atoms with Crippen molar-refractivity contribution >= 4 is 27.1 Å². The maximum absolute atomic E-state index is 11.4. The van der Waals surface area contributed by atoms with Crippen molar-refractivity contribution in [1.29, 1.82) is 0 Å². The summed E-state index contributed by atoms with van der Waals surface area (Å²) in [7, 11) is -2.86. The van der Waals surface area contributed by atoms with Crippen LogP contribution in [-0.4, -0.2) is 33.0 Å². The van der Waals surface area contributed by atoms with Crippen molar-refractivity contribution in [2.75, 3.05) is 29.5 Å². The summed E-state index contributed by atoms with van der Waals surface area (Å²) in [6, 6.07) is 5.60. The van der Waals surface area contributed by atoms with Crippen molar-refractivity contribution in [2.45, 2.75) is 6.54 Å². The first-order chi connectivity index (χ1) is 8.03. The van der Waals surface area contributed by atoms with E-state index in [0.717, 1.165) is 11.3 Å². The van der Waals surface area contributed by atoms with Gasteiger partial charge < -0.3 is 10.6 Å². The van der Waals surface area contributed by atoms with E-state index in [-0.39, 0.29) is 11.5 Å². The summed E-state index contributed by atoms with van der Waals surface area (Å²) in [5.41, 5.74) is 7.52. The van der Waals surface area contributed by atoms with E-state index in [1.54, 1.807) is 6.07 Å². The number of hydrogen-bond acceptors (Lipinski definition) is 4. The first-order valence-electron chi connectivity index (χ1n) is 5.46. The minimum atomic E-state index is -2.86. The largest absolute Gasteiger partial charge is 0.369 e. The van der Waals surface area contributed by atoms with Gasteiger partial charge in [0.2, 0.25) is 0 Å². The molecule has 1 fully saturated rings. The van der Waals surface area contributed by atoms with E-state index in [1.807, 2.05) is 17.0 Å². The standard InChI is InChI=1S/C11H15ClN2O2S/c12-10-2-1-3-11(9(10)8-13)14-4-6-17(15,16)7-5-14/h1-3H,4-8,13H2. The van der Waals surface area contributed by atoms with E-state index < -0.39 is 9.84 Å². The highest BCUT2D eigenvalue weighted by Crippen LogP contribution is 2.28. The number of benzene rings is 1. The molecule has 0 radical (unpaired) electrons. The van der Waals surface area contributed by atoms with Gasteiger partial charge in [0.05, 0.1) is 11.5 Å². The maximum Gasteiger partial charge on any atom is 0.153 e. The third-order valence-corrected chi connectivity index (χ3v) is 4.95. The van der Waals surface area contributed by atoms with Crippen LogP contribution in [0.1, 0.15) is 5.56 Å². The fourth-order valence-electron chi connectivity index (χ4n) is 2.00. The van der Waals surface area contributed by atoms with Gasteiger partial charge in [0.25, 0.3) is 0 Å². The Balaban J connectivity index is 2.27. The SMILES string of the molecule is NCc1c(Cl)cccc1N1CCS(=O)(=O)CC1. The second-order valence-electron chi connectivity index (χ2n) is 4.08. The predicted octanol–water partition coefficient (Wildman–Crippen LogP) is 1.03. The zero-order chi connectivity index (χ0) is 12.5. The highest BCUT2D eigenvalue weighted by molar-refractivity contribution is 7.91. The van der Waals surface area contributed by atoms with Crippen LogP contribution in [0.5, 0.6) is 0 Å². The number of nitrogens with zero attached hydrogens (tertiary/aromatic N) is 1. The Kier molecular flexibility index (Phi) is 3.61. The van der Waals surface area contributed by atoms with Crippen LogP contribution in [0.3, 0.4) is 0 Å². The number of sulfone groups is 1. The van der Waals surface area contributed by atoms with E-state index >= 15 is 0 Å². The zero-order valence-electron chi connectivity index (χ0n) is 9.39. The van der Waals surface area contributed by atoms with Gasteiger partial charge in [-0.05, 0) is 12.1 Å². The van der Waals surface area contributed by atoms with Crippen molar-refractivity contribution in [2.24, 2.45) is 5.73 Å². The minimum absolute atomic E-state index is 0.198. The van der Waals surface area contributed by atoms with Crippen LogP contribution in [0, 0.1) is 0 Å². The van der Waals surface area contributed by atoms with Crippen molar-refractivity contribution in [3.05, 3.63) is 28.8 Å². The van der Waals surface area contributed by atoms with Crippen LogP contribution in [0.2, 0.25) is 5.02 Å². The molecule has 1 aromatic rings. The van der Waals surface area contributed by atoms with Gasteiger partial charge in [-0.15, -0.1) is 0 Å². The molecule has 0 saturated carbocycles. The van der Waals surface area contributed by atoms with Gasteiger partial charge in [0.15, 0.2) is 9.84 Å². The Hall–Kier alpha value is -0.780. The van der Waals surface area contributed by atoms with Gasteiger partial charge in [0, 0.05) is 35.9 Å². The first kappa shape index (κ1) is 12.7. The molecule has 4 nitrogen and oxygen atoms in total. The van der Waals surface area contributed by atoms with Crippen LogP contribution in [0.25, 0.3) is 0 Å². The topological polar surface area (TPSA) is 63.4 Å². The molecule has 94 valence electrons. The molecule has 1 aromatic carbocycles. The van der Waals surface area contributed by atoms with Crippen molar-refractivity contribution in [3.8, 4) is 0 Å². The number of hydrogen-bond donors (Lipinski definition) is 1. The molecule has 0 atom stereocenters. The Bertz CT molecular complexity index is 502. The number of rotatable bonds is 2. The van der Waals surface area contributed by atoms with E-state index in [2.05, 4.69) is 0 Å². The lowest BCUT2D eigenvalue weighted by atomic mass is 10.1. The molecule has 0 spiro atoms. The molecule has 0 bridgehead atoms. The van der Waals surface area contributed by atoms with E-state index in [9.17, 15) is 8.42 Å². The molecular formula is C11H15ClN2O2S. The smallest absolute Gasteiger partial charge is 0.153 e. The second-order valence-corrected chi connectivity index (χ2v) is 6.79. The molecule has 2 rings (SSSR count). The van der Waals surface area contributed by atoms with Gasteiger partial charge in [-0.25, -0.2) is 8.42 Å². The fourth-order valence-corrected chi connectivity index (χ4v) is 3.45. The maximum atomic E-state index is 11.4. The minimum Gasteiger partial charge on any atom is -0.369 e. The Morgan fingerprint density at radius 2 is 1.94 bits per heavy atom. The fraction of sp³-hybridized carbons (Fsp3) is 0.455. The summed E-state index contributed by atoms with van der Waals surface area (Å²) in [4.78, 5) is 2.04. The normalized spacial score (nSPS) is 19.3. The molecule has 0 amide bonds. The molecule has 1 aliphatic heterocycles. The average molecular weight is 275 g/mol. The average Bonchev–Trinajstić information content (AvgIpc) is 2.29. The van der Waals surface area contributed by atoms with Crippen molar-refractivity contribution in [1.82, 2.24) is 0 Å². The molecule has 1 aliphatic rings. The molecular weight excluding hydrogens is 260 g/mol. The van der Waals surface area contributed by atoms with Gasteiger partial charge in [0.1, 0.15) is 0 Å². The summed E-state index contributed by atoms with van der Waals surface area (Å²) >= 11 is 6.08. The van der Waals surface area contributed by atoms with Gasteiger partial charge in [-0.3, -0.25) is 0 Å². The molecule has 1 saturated heterocycles. The number of anilines is 1. The van der Waals surface area contributed by atoms with Crippen molar-refractivity contribution in [3.63, 3.8) is 0 Å². The highest BCUT2D eigenvalue weighted by Gasteiger charge is 2.23. The molecule has 2 N–H and O–H groups in total. The van der Waals surface area contributed by atoms with Gasteiger partial charge >= 0.3 is 0 Å². The lowest BCUT2D eigenvalue weighted by Gasteiger charge is -2.30. The lowest BCUT2D eigenvalue weighted by Crippen LogP contribution is -2.40. The second kappa shape index (κ2) is 4.84. The molecule has 17 heavy (non-hydrogen) atoms. The highest BCUT2D eigenvalue weighted by atomic mass is 35.5. The van der Waals surface area contributed by atoms with Gasteiger partial charge in [-0.1, -0.05) is 17.7 Å². The Morgan fingerprint density at radius 3 is 2.53 bits per heavy atom. The van der Waals surface area contributed by atoms with Crippen LogP contribution in [0.15, 0.2) is 18.2 Å². The molecule has 1 heterocycles. The number of halogens is 1. The van der Waals surface area contributed by atoms with E-state index in [1.165, 1.54) is 0 Å². The molecule has 0 unspecified atom stereocenters. The van der Waals surface area contributed by atoms with Crippen LogP contribution in [0.4, 0.5) is 5.69 Å². The quantitative estimate of drug-likeness (QED) is 0.875. The zero-order valence-corrected chi connectivity index (χ0v) is 11.0. The van der Waals surface area contributed by atoms with Crippen LogP contribution >= 0.6 is 11.6 Å². The third kappa shape index (κ3) is 2.73. The van der Waals surface area contributed by atoms with Crippen molar-refractivity contribution < 1.29 is 8.42 Å². The predicted molar refractivity (Wildman–Crippen MR) is 70.2 cm³/mol. The molecule has 0 aromatic heterocycles. The van der Waals surface area contributed by atoms with Gasteiger partial charge in [-0.2, -0.15) is 0 Å². The number of nitrogens with two attached hydrogens (primary N) is 1. The van der Waals surface area contributed by atoms with Crippen LogP contribution in [-0.2, 0) is 16.4 Å². The third-order valence-electron chi connectivity index (χ3n) is 2.98. The Morgan fingerprint density at radius 1 is 1.29 bits per heavy atom. The summed E-state index contributed by atoms with van der Waals surface area (Å²) in [5, 5.41) is 0.637. The first-order valence-corrected chi connectivity index (χ1v) is 7.66. The summed E-state index contributed by atoms with van der Waals surface area (Å²) < 4.78 is 22.7. The summed E-state index contributed by atoms with van der Waals surface area (Å²) in [5.74, 6) is 0.396. The molecule has 0 aliphatic carbocycles. The van der Waals surface area contributed by atoms with Crippen LogP contribution < -0.4 is 10.6 Å². The Labute approximate surface area is 106 Å². The van der Waals surface area contributed by atoms with E-state index in [4.69, 9.17) is 17.3 Å². The van der Waals surface area contributed by atoms with E-state index in [0.29, 0.717) is 24.7 Å². The molecule has 6 heteroatoms.